The van der Waals surface area contributed by atoms with Crippen LogP contribution in [0.5, 0.6) is 0 Å². The van der Waals surface area contributed by atoms with E-state index in [0.29, 0.717) is 13.1 Å². The summed E-state index contributed by atoms with van der Waals surface area (Å²) in [5.41, 5.74) is 3.32. The number of carbonyl (C=O) groups excluding carboxylic acids is 2. The average molecular weight is 474 g/mol. The number of imidazole rings is 1. The predicted molar refractivity (Wildman–Crippen MR) is 140 cm³/mol. The van der Waals surface area contributed by atoms with E-state index in [1.807, 2.05) is 24.3 Å². The Labute approximate surface area is 207 Å². The van der Waals surface area contributed by atoms with Crippen LogP contribution in [-0.4, -0.2) is 47.5 Å². The molecule has 35 heavy (non-hydrogen) atoms. The van der Waals surface area contributed by atoms with Gasteiger partial charge in [-0.3, -0.25) is 9.59 Å². The number of benzene rings is 2. The predicted octanol–water partition coefficient (Wildman–Crippen LogP) is 4.22. The number of nitrogens with zero attached hydrogens (tertiary/aromatic N) is 4. The number of amides is 2. The SMILES string of the molecule is CCCCN(CCCNC(=O)CC(C(=O)N1CCc2ccccc21)n1ccnc1)c1ccccc1. The second-order valence-electron chi connectivity index (χ2n) is 8.98. The molecule has 1 unspecified atom stereocenters. The number of nitrogens with one attached hydrogen (secondary N) is 1. The maximum atomic E-state index is 13.5. The standard InChI is InChI=1S/C28H35N5O2/c1-2-3-17-31(24-11-5-4-6-12-24)18-9-15-30-27(34)21-26(32-20-16-29-22-32)28(35)33-19-14-23-10-7-8-13-25(23)33/h4-8,10-13,16,20,22,26H,2-3,9,14-15,17-19,21H2,1H3,(H,30,34). The van der Waals surface area contributed by atoms with Crippen molar-refractivity contribution in [3.8, 4) is 0 Å². The fourth-order valence-corrected chi connectivity index (χ4v) is 4.62. The molecule has 0 fully saturated rings. The minimum Gasteiger partial charge on any atom is -0.371 e. The highest BCUT2D eigenvalue weighted by atomic mass is 16.2. The van der Waals surface area contributed by atoms with E-state index < -0.39 is 6.04 Å². The van der Waals surface area contributed by atoms with E-state index >= 15 is 0 Å². The Kier molecular flexibility index (Phi) is 8.54. The zero-order valence-electron chi connectivity index (χ0n) is 20.5. The third-order valence-electron chi connectivity index (χ3n) is 6.53. The minimum absolute atomic E-state index is 0.0714. The summed E-state index contributed by atoms with van der Waals surface area (Å²) < 4.78 is 1.74. The monoisotopic (exact) mass is 473 g/mol. The normalized spacial score (nSPS) is 13.3. The third kappa shape index (κ3) is 6.29. The summed E-state index contributed by atoms with van der Waals surface area (Å²) in [6.45, 7) is 5.29. The molecule has 7 heteroatoms. The van der Waals surface area contributed by atoms with Crippen LogP contribution in [0.2, 0.25) is 0 Å². The van der Waals surface area contributed by atoms with Gasteiger partial charge in [-0.1, -0.05) is 49.7 Å². The molecule has 0 saturated heterocycles. The number of hydrogen-bond acceptors (Lipinski definition) is 4. The zero-order chi connectivity index (χ0) is 24.5. The Bertz CT molecular complexity index is 1080. The van der Waals surface area contributed by atoms with Crippen LogP contribution in [0, 0.1) is 0 Å². The molecule has 0 spiro atoms. The van der Waals surface area contributed by atoms with Gasteiger partial charge >= 0.3 is 0 Å². The molecule has 3 aromatic rings. The quantitative estimate of drug-likeness (QED) is 0.400. The molecule has 2 aromatic carbocycles. The Morgan fingerprint density at radius 1 is 1.06 bits per heavy atom. The van der Waals surface area contributed by atoms with E-state index in [4.69, 9.17) is 0 Å². The lowest BCUT2D eigenvalue weighted by atomic mass is 10.1. The Balaban J connectivity index is 1.33. The molecule has 0 bridgehead atoms. The highest BCUT2D eigenvalue weighted by Gasteiger charge is 2.32. The second-order valence-corrected chi connectivity index (χ2v) is 8.98. The van der Waals surface area contributed by atoms with Crippen molar-refractivity contribution in [2.24, 2.45) is 0 Å². The van der Waals surface area contributed by atoms with Crippen molar-refractivity contribution in [3.63, 3.8) is 0 Å². The summed E-state index contributed by atoms with van der Waals surface area (Å²) in [4.78, 5) is 34.7. The topological polar surface area (TPSA) is 70.5 Å². The molecule has 1 aliphatic heterocycles. The van der Waals surface area contributed by atoms with Gasteiger partial charge in [0.15, 0.2) is 0 Å². The lowest BCUT2D eigenvalue weighted by molar-refractivity contribution is -0.128. The van der Waals surface area contributed by atoms with Crippen molar-refractivity contribution in [1.82, 2.24) is 14.9 Å². The van der Waals surface area contributed by atoms with Crippen LogP contribution in [0.4, 0.5) is 11.4 Å². The molecule has 0 saturated carbocycles. The van der Waals surface area contributed by atoms with Crippen LogP contribution in [0.3, 0.4) is 0 Å². The lowest BCUT2D eigenvalue weighted by Crippen LogP contribution is -2.39. The Morgan fingerprint density at radius 2 is 1.83 bits per heavy atom. The fourth-order valence-electron chi connectivity index (χ4n) is 4.62. The number of aromatic nitrogens is 2. The molecule has 1 atom stereocenters. The van der Waals surface area contributed by atoms with Crippen molar-refractivity contribution in [3.05, 3.63) is 78.9 Å². The van der Waals surface area contributed by atoms with Gasteiger partial charge in [0.2, 0.25) is 5.91 Å². The number of fused-ring (bicyclic) bond motifs is 1. The molecule has 1 N–H and O–H groups in total. The van der Waals surface area contributed by atoms with Crippen LogP contribution >= 0.6 is 0 Å². The first-order valence-corrected chi connectivity index (χ1v) is 12.6. The first kappa shape index (κ1) is 24.5. The van der Waals surface area contributed by atoms with Gasteiger partial charge in [-0.25, -0.2) is 4.98 Å². The van der Waals surface area contributed by atoms with Crippen LogP contribution in [-0.2, 0) is 16.0 Å². The zero-order valence-corrected chi connectivity index (χ0v) is 20.5. The number of carbonyl (C=O) groups is 2. The van der Waals surface area contributed by atoms with Crippen molar-refractivity contribution in [2.45, 2.75) is 45.1 Å². The van der Waals surface area contributed by atoms with E-state index in [0.717, 1.165) is 44.5 Å². The highest BCUT2D eigenvalue weighted by molar-refractivity contribution is 6.00. The summed E-state index contributed by atoms with van der Waals surface area (Å²) in [7, 11) is 0. The molecule has 1 aliphatic rings. The first-order valence-electron chi connectivity index (χ1n) is 12.6. The van der Waals surface area contributed by atoms with Crippen molar-refractivity contribution < 1.29 is 9.59 Å². The van der Waals surface area contributed by atoms with Crippen molar-refractivity contribution >= 4 is 23.2 Å². The van der Waals surface area contributed by atoms with Crippen molar-refractivity contribution in [2.75, 3.05) is 36.0 Å². The molecule has 1 aromatic heterocycles. The maximum Gasteiger partial charge on any atom is 0.250 e. The van der Waals surface area contributed by atoms with E-state index in [-0.39, 0.29) is 18.2 Å². The smallest absolute Gasteiger partial charge is 0.250 e. The fraction of sp³-hybridized carbons (Fsp3) is 0.393. The minimum atomic E-state index is -0.617. The largest absolute Gasteiger partial charge is 0.371 e. The molecule has 0 aliphatic carbocycles. The third-order valence-corrected chi connectivity index (χ3v) is 6.53. The van der Waals surface area contributed by atoms with Gasteiger partial charge in [-0.05, 0) is 43.0 Å². The van der Waals surface area contributed by atoms with Gasteiger partial charge in [-0.15, -0.1) is 0 Å². The van der Waals surface area contributed by atoms with Crippen LogP contribution in [0.15, 0.2) is 73.3 Å². The summed E-state index contributed by atoms with van der Waals surface area (Å²) in [5.74, 6) is -0.192. The summed E-state index contributed by atoms with van der Waals surface area (Å²) in [6.07, 6.45) is 9.05. The average Bonchev–Trinajstić information content (AvgIpc) is 3.57. The molecule has 0 radical (unpaired) electrons. The Hall–Kier alpha value is -3.61. The number of unbranched alkanes of at least 4 members (excludes halogenated alkanes) is 1. The van der Waals surface area contributed by atoms with Crippen LogP contribution in [0.25, 0.3) is 0 Å². The van der Waals surface area contributed by atoms with E-state index in [1.54, 1.807) is 28.2 Å². The van der Waals surface area contributed by atoms with Crippen LogP contribution < -0.4 is 15.1 Å². The molecule has 4 rings (SSSR count). The van der Waals surface area contributed by atoms with Gasteiger partial charge in [0.25, 0.3) is 5.91 Å². The van der Waals surface area contributed by atoms with Gasteiger partial charge in [0.1, 0.15) is 6.04 Å². The van der Waals surface area contributed by atoms with Gasteiger partial charge in [-0.2, -0.15) is 0 Å². The first-order chi connectivity index (χ1) is 17.2. The summed E-state index contributed by atoms with van der Waals surface area (Å²) in [5, 5.41) is 3.03. The molecular formula is C28H35N5O2. The maximum absolute atomic E-state index is 13.5. The molecule has 7 nitrogen and oxygen atoms in total. The molecule has 2 amide bonds. The van der Waals surface area contributed by atoms with Gasteiger partial charge in [0.05, 0.1) is 12.7 Å². The van der Waals surface area contributed by atoms with Gasteiger partial charge < -0.3 is 19.7 Å². The number of hydrogen-bond donors (Lipinski definition) is 1. The Morgan fingerprint density at radius 3 is 2.60 bits per heavy atom. The second kappa shape index (κ2) is 12.2. The molecular weight excluding hydrogens is 438 g/mol. The number of anilines is 2. The highest BCUT2D eigenvalue weighted by Crippen LogP contribution is 2.30. The van der Waals surface area contributed by atoms with Gasteiger partial charge in [0, 0.05) is 49.9 Å². The molecule has 2 heterocycles. The summed E-state index contributed by atoms with van der Waals surface area (Å²) >= 11 is 0. The molecule has 184 valence electrons. The number of para-hydroxylation sites is 2. The lowest BCUT2D eigenvalue weighted by Gasteiger charge is -2.25. The van der Waals surface area contributed by atoms with Crippen molar-refractivity contribution in [1.29, 1.82) is 0 Å². The van der Waals surface area contributed by atoms with E-state index in [9.17, 15) is 9.59 Å². The number of rotatable bonds is 12. The van der Waals surface area contributed by atoms with E-state index in [2.05, 4.69) is 52.5 Å². The van der Waals surface area contributed by atoms with E-state index in [1.165, 1.54) is 11.3 Å². The summed E-state index contributed by atoms with van der Waals surface area (Å²) in [6, 6.07) is 17.8. The van der Waals surface area contributed by atoms with Crippen LogP contribution in [0.1, 0.15) is 44.2 Å².